The summed E-state index contributed by atoms with van der Waals surface area (Å²) in [5.74, 6) is -5.88. The van der Waals surface area contributed by atoms with Crippen LogP contribution in [0.2, 0.25) is 0 Å². The normalized spacial score (nSPS) is 20.0. The fraction of sp³-hybridized carbons (Fsp3) is 0.450. The summed E-state index contributed by atoms with van der Waals surface area (Å²) in [6.07, 6.45) is -1.27. The van der Waals surface area contributed by atoms with Gasteiger partial charge in [-0.25, -0.2) is 27.5 Å². The van der Waals surface area contributed by atoms with Crippen LogP contribution in [0.3, 0.4) is 0 Å². The molecule has 11 heteroatoms. The van der Waals surface area contributed by atoms with Gasteiger partial charge >= 0.3 is 0 Å². The van der Waals surface area contributed by atoms with E-state index in [-0.39, 0.29) is 37.5 Å². The molecule has 2 aromatic rings. The van der Waals surface area contributed by atoms with Crippen LogP contribution in [0.5, 0.6) is 0 Å². The summed E-state index contributed by atoms with van der Waals surface area (Å²) < 4.78 is 51.1. The van der Waals surface area contributed by atoms with Crippen LogP contribution >= 0.6 is 47.8 Å². The molecule has 4 nitrogen and oxygen atoms in total. The van der Waals surface area contributed by atoms with Crippen molar-refractivity contribution in [3.8, 4) is 0 Å². The smallest absolute Gasteiger partial charge is 0.249 e. The SMILES string of the molecule is Brc1cccc(Br)n1.O=CC1CC(F)(F)C1.OC(c1cccc(Br)n1)C1CC(F)(F)C1. The molecule has 2 fully saturated rings. The molecule has 0 aromatic carbocycles. The number of hydrogen-bond donors (Lipinski definition) is 1. The zero-order chi connectivity index (χ0) is 23.2. The van der Waals surface area contributed by atoms with E-state index in [4.69, 9.17) is 0 Å². The number of nitrogens with zero attached hydrogens (tertiary/aromatic N) is 2. The van der Waals surface area contributed by atoms with E-state index in [1.54, 1.807) is 18.2 Å². The van der Waals surface area contributed by atoms with Gasteiger partial charge in [-0.15, -0.1) is 0 Å². The van der Waals surface area contributed by atoms with Crippen LogP contribution in [0.15, 0.2) is 50.2 Å². The van der Waals surface area contributed by atoms with Crippen molar-refractivity contribution in [2.45, 2.75) is 43.6 Å². The summed E-state index contributed by atoms with van der Waals surface area (Å²) in [6, 6.07) is 10.8. The van der Waals surface area contributed by atoms with Gasteiger partial charge in [0.05, 0.1) is 11.8 Å². The molecule has 0 saturated heterocycles. The van der Waals surface area contributed by atoms with Crippen LogP contribution < -0.4 is 0 Å². The van der Waals surface area contributed by atoms with E-state index in [1.807, 2.05) is 18.2 Å². The summed E-state index contributed by atoms with van der Waals surface area (Å²) in [4.78, 5) is 17.8. The lowest BCUT2D eigenvalue weighted by molar-refractivity contribution is -0.143. The Bertz CT molecular complexity index is 856. The Balaban J connectivity index is 0.000000181. The van der Waals surface area contributed by atoms with Gasteiger partial charge in [-0.3, -0.25) is 0 Å². The Morgan fingerprint density at radius 1 is 0.871 bits per heavy atom. The molecule has 2 aromatic heterocycles. The van der Waals surface area contributed by atoms with E-state index < -0.39 is 17.9 Å². The molecule has 0 spiro atoms. The number of aldehydes is 1. The van der Waals surface area contributed by atoms with Crippen LogP contribution in [0.25, 0.3) is 0 Å². The second-order valence-electron chi connectivity index (χ2n) is 7.30. The van der Waals surface area contributed by atoms with Crippen molar-refractivity contribution in [1.29, 1.82) is 0 Å². The fourth-order valence-corrected chi connectivity index (χ4v) is 4.23. The number of carbonyl (C=O) groups excluding carboxylic acids is 1. The summed E-state index contributed by atoms with van der Waals surface area (Å²) in [7, 11) is 0. The van der Waals surface area contributed by atoms with Crippen LogP contribution in [0.4, 0.5) is 17.6 Å². The maximum atomic E-state index is 12.6. The zero-order valence-electron chi connectivity index (χ0n) is 16.0. The third kappa shape index (κ3) is 8.86. The first-order valence-electron chi connectivity index (χ1n) is 9.20. The predicted octanol–water partition coefficient (Wildman–Crippen LogP) is 6.76. The summed E-state index contributed by atoms with van der Waals surface area (Å²) >= 11 is 9.61. The Morgan fingerprint density at radius 2 is 1.32 bits per heavy atom. The van der Waals surface area contributed by atoms with Gasteiger partial charge < -0.3 is 9.90 Å². The molecule has 2 saturated carbocycles. The van der Waals surface area contributed by atoms with Gasteiger partial charge in [-0.05, 0) is 72.1 Å². The van der Waals surface area contributed by atoms with E-state index in [0.29, 0.717) is 16.6 Å². The molecule has 0 radical (unpaired) electrons. The first-order chi connectivity index (χ1) is 14.4. The third-order valence-corrected chi connectivity index (χ3v) is 5.93. The number of rotatable bonds is 3. The number of hydrogen-bond acceptors (Lipinski definition) is 4. The van der Waals surface area contributed by atoms with Crippen molar-refractivity contribution < 1.29 is 27.5 Å². The number of aliphatic hydroxyl groups excluding tert-OH is 1. The second-order valence-corrected chi connectivity index (χ2v) is 9.74. The lowest BCUT2D eigenvalue weighted by Crippen LogP contribution is -2.38. The Labute approximate surface area is 202 Å². The van der Waals surface area contributed by atoms with E-state index in [2.05, 4.69) is 57.8 Å². The first kappa shape index (κ1) is 26.3. The topological polar surface area (TPSA) is 63.1 Å². The van der Waals surface area contributed by atoms with Crippen molar-refractivity contribution in [2.24, 2.45) is 11.8 Å². The molecule has 2 heterocycles. The number of alkyl halides is 4. The van der Waals surface area contributed by atoms with E-state index in [9.17, 15) is 27.5 Å². The molecule has 2 aliphatic carbocycles. The molecule has 0 amide bonds. The van der Waals surface area contributed by atoms with Gasteiger partial charge in [0, 0.05) is 37.5 Å². The molecular formula is C20H19Br3F4N2O2. The van der Waals surface area contributed by atoms with Gasteiger partial charge in [-0.2, -0.15) is 0 Å². The molecule has 0 bridgehead atoms. The van der Waals surface area contributed by atoms with Crippen molar-refractivity contribution >= 4 is 54.1 Å². The standard InChI is InChI=1S/C10H10BrF2NO.C5H3Br2N.C5H6F2O/c11-8-3-1-2-7(14-8)9(15)6-4-10(12,13)5-6;6-4-2-1-3-5(7)8-4;6-5(7)1-4(2-5)3-8/h1-3,6,9,15H,4-5H2;1-3H;3-4H,1-2H2. The minimum absolute atomic E-state index is 0.240. The lowest BCUT2D eigenvalue weighted by atomic mass is 9.76. The summed E-state index contributed by atoms with van der Waals surface area (Å²) in [6.45, 7) is 0. The Morgan fingerprint density at radius 3 is 1.65 bits per heavy atom. The predicted molar refractivity (Wildman–Crippen MR) is 118 cm³/mol. The monoisotopic (exact) mass is 632 g/mol. The lowest BCUT2D eigenvalue weighted by Gasteiger charge is -2.37. The Hall–Kier alpha value is -0.910. The van der Waals surface area contributed by atoms with Crippen LogP contribution in [0, 0.1) is 11.8 Å². The average Bonchev–Trinajstić information content (AvgIpc) is 2.64. The van der Waals surface area contributed by atoms with Gasteiger partial charge in [0.1, 0.15) is 20.1 Å². The quantitative estimate of drug-likeness (QED) is 0.230. The third-order valence-electron chi connectivity index (χ3n) is 4.60. The molecule has 1 unspecified atom stereocenters. The van der Waals surface area contributed by atoms with Gasteiger partial charge in [-0.1, -0.05) is 12.1 Å². The fourth-order valence-electron chi connectivity index (χ4n) is 2.95. The molecule has 1 N–H and O–H groups in total. The molecule has 4 rings (SSSR count). The van der Waals surface area contributed by atoms with Gasteiger partial charge in [0.15, 0.2) is 0 Å². The van der Waals surface area contributed by atoms with Gasteiger partial charge in [0.2, 0.25) is 11.8 Å². The zero-order valence-corrected chi connectivity index (χ0v) is 20.8. The molecular weight excluding hydrogens is 616 g/mol. The van der Waals surface area contributed by atoms with Crippen molar-refractivity contribution in [3.63, 3.8) is 0 Å². The highest BCUT2D eigenvalue weighted by atomic mass is 79.9. The highest BCUT2D eigenvalue weighted by molar-refractivity contribution is 9.11. The minimum atomic E-state index is -2.60. The van der Waals surface area contributed by atoms with Crippen LogP contribution in [0.1, 0.15) is 37.5 Å². The number of aromatic nitrogens is 2. The number of aliphatic hydroxyl groups is 1. The molecule has 170 valence electrons. The highest BCUT2D eigenvalue weighted by Crippen LogP contribution is 2.47. The highest BCUT2D eigenvalue weighted by Gasteiger charge is 2.48. The maximum absolute atomic E-state index is 12.6. The second kappa shape index (κ2) is 11.3. The van der Waals surface area contributed by atoms with Crippen molar-refractivity contribution in [3.05, 3.63) is 55.9 Å². The van der Waals surface area contributed by atoms with Gasteiger partial charge in [0.25, 0.3) is 0 Å². The van der Waals surface area contributed by atoms with E-state index >= 15 is 0 Å². The molecule has 0 aliphatic heterocycles. The van der Waals surface area contributed by atoms with Crippen molar-refractivity contribution in [1.82, 2.24) is 9.97 Å². The summed E-state index contributed by atoms with van der Waals surface area (Å²) in [5, 5.41) is 9.78. The molecule has 2 aliphatic rings. The number of carbonyl (C=O) groups is 1. The Kier molecular flexibility index (Phi) is 9.59. The van der Waals surface area contributed by atoms with E-state index in [1.165, 1.54) is 0 Å². The summed E-state index contributed by atoms with van der Waals surface area (Å²) in [5.41, 5.74) is 0.449. The maximum Gasteiger partial charge on any atom is 0.249 e. The van der Waals surface area contributed by atoms with Crippen molar-refractivity contribution in [2.75, 3.05) is 0 Å². The largest absolute Gasteiger partial charge is 0.387 e. The average molecular weight is 635 g/mol. The first-order valence-corrected chi connectivity index (χ1v) is 11.6. The number of halogens is 7. The number of pyridine rings is 2. The minimum Gasteiger partial charge on any atom is -0.387 e. The van der Waals surface area contributed by atoms with E-state index in [0.717, 1.165) is 9.21 Å². The molecule has 31 heavy (non-hydrogen) atoms. The van der Waals surface area contributed by atoms with Crippen LogP contribution in [-0.2, 0) is 4.79 Å². The molecule has 1 atom stereocenters. The van der Waals surface area contributed by atoms with Crippen LogP contribution in [-0.4, -0.2) is 33.2 Å².